The van der Waals surface area contributed by atoms with Crippen molar-refractivity contribution in [2.24, 2.45) is 0 Å². The molecule has 12 aromatic heterocycles. The molecule has 8 N–H and O–H groups in total. The number of aromatic amines is 3. The number of aryl methyl sites for hydroxylation is 1. The summed E-state index contributed by atoms with van der Waals surface area (Å²) in [6.45, 7) is 7.64. The zero-order valence-electron chi connectivity index (χ0n) is 74.6. The Hall–Kier alpha value is -15.3. The van der Waals surface area contributed by atoms with E-state index in [0.29, 0.717) is 126 Å². The number of phenols is 2. The van der Waals surface area contributed by atoms with Gasteiger partial charge in [-0.25, -0.2) is 44.5 Å². The van der Waals surface area contributed by atoms with E-state index < -0.39 is 17.2 Å². The number of nitrogens with two attached hydrogens (primary N) is 1. The van der Waals surface area contributed by atoms with Gasteiger partial charge in [-0.1, -0.05) is 84.4 Å². The molecule has 0 unspecified atom stereocenters. The van der Waals surface area contributed by atoms with Crippen molar-refractivity contribution >= 4 is 206 Å². The molecule has 1 aliphatic heterocycles. The molecule has 708 valence electrons. The minimum absolute atomic E-state index is 0.104. The molecule has 41 heteroatoms. The van der Waals surface area contributed by atoms with Crippen LogP contribution < -0.4 is 56.3 Å². The van der Waals surface area contributed by atoms with Gasteiger partial charge in [-0.15, -0.1) is 79.4 Å². The van der Waals surface area contributed by atoms with Crippen molar-refractivity contribution in [1.82, 2.24) is 49.8 Å². The van der Waals surface area contributed by atoms with Crippen LogP contribution in [-0.4, -0.2) is 157 Å². The molecule has 0 spiro atoms. The number of nitrogen functional groups attached to an aromatic ring is 1. The maximum atomic E-state index is 12.1. The summed E-state index contributed by atoms with van der Waals surface area (Å²) in [6.07, 6.45) is 0. The number of amides is 1. The van der Waals surface area contributed by atoms with Crippen molar-refractivity contribution in [2.75, 3.05) is 77.8 Å². The van der Waals surface area contributed by atoms with Crippen LogP contribution >= 0.6 is 103 Å². The van der Waals surface area contributed by atoms with Crippen molar-refractivity contribution in [3.05, 3.63) is 307 Å². The Kier molecular flexibility index (Phi) is 35.2. The third kappa shape index (κ3) is 26.9. The first-order valence-electron chi connectivity index (χ1n) is 41.2. The van der Waals surface area contributed by atoms with Crippen LogP contribution in [0.5, 0.6) is 40.2 Å². The fraction of sp³-hybridized carbons (Fsp3) is 0.122. The van der Waals surface area contributed by atoms with Crippen molar-refractivity contribution in [3.63, 3.8) is 0 Å². The van der Waals surface area contributed by atoms with Gasteiger partial charge in [-0.05, 0) is 195 Å². The van der Waals surface area contributed by atoms with Crippen molar-refractivity contribution in [2.45, 2.75) is 20.8 Å². The number of fused-ring (bicyclic) bond motifs is 5. The number of nitrogens with zero attached hydrogens (tertiary/aromatic N) is 8. The molecule has 0 atom stereocenters. The Labute approximate surface area is 828 Å². The molecular formula is C98H81Cl2N13O19S7. The largest absolute Gasteiger partial charge is 0.508 e. The Balaban J connectivity index is 0.000000135. The number of anilines is 3. The average Bonchev–Trinajstić information content (AvgIpc) is 1.66. The predicted octanol–water partition coefficient (Wildman–Crippen LogP) is 20.7. The third-order valence-corrected chi connectivity index (χ3v) is 26.3. The van der Waals surface area contributed by atoms with Gasteiger partial charge < -0.3 is 79.0 Å². The number of aromatic nitrogens is 10. The Bertz CT molecular complexity index is 7820. The second-order valence-corrected chi connectivity index (χ2v) is 35.9. The van der Waals surface area contributed by atoms with Gasteiger partial charge >= 0.3 is 23.9 Å². The number of carbonyl (C=O) groups excluding carboxylic acids is 6. The van der Waals surface area contributed by atoms with Crippen LogP contribution in [0.2, 0.25) is 5.15 Å². The number of hydrogen-bond acceptors (Lipinski definition) is 35. The molecule has 0 bridgehead atoms. The highest BCUT2D eigenvalue weighted by Crippen LogP contribution is 2.36. The fourth-order valence-corrected chi connectivity index (χ4v) is 18.6. The Morgan fingerprint density at radius 3 is 1.32 bits per heavy atom. The standard InChI is InChI=1S/C16H15N3O2S.C14H9ClN2O2S.C14H10N2O3S.C14H13NO4S.C13H10N2O2S.C12H8N2O2S.C9H9ClO2.C6H7NO2S/c20-12-3-1-2-11(10-12)15-17-13-4-9-22-14(13)16(18-15)19-5-7-21-8-6-19;1-8(18)19-10-4-2-3-9(7-10)14-16-11-5-6-20-12(11)13(15)17-14;1-8(17)19-10-4-2-3-9(7-10)13-15-11-5-6-20-12(11)14(18)16-13;1-18-10-5-3-4-9(8-10)13(16)15-11-6-7-20-12(11)14(17)19-2;1-17-9-4-2-3-8(7-9)12-14-10-5-6-18-11(10)13(16)15-12;15-8-3-1-2-7(6-8)11-13-9-4-5-17-10(9)12(16)14-11;1-6-3-4-7(12-2)5-8(6)9(10)11;1-9-6(8)5-4(7)2-3-10-5/h1-4,9-10,20H,5-8H2;2-7H,1H3;2-7H,1H3,(H,15,16,18);3-8H,1-2H3,(H,15,16);2-7H,1H3,(H,14,15,16);1-6,15H,(H,13,14,16);3-5H,1-2H3;2-3H,7H2,1H3. The molecule has 19 aromatic rings. The molecule has 1 amide bonds. The van der Waals surface area contributed by atoms with E-state index in [-0.39, 0.29) is 46.0 Å². The van der Waals surface area contributed by atoms with E-state index in [1.54, 1.807) is 182 Å². The van der Waals surface area contributed by atoms with E-state index in [0.717, 1.165) is 86.1 Å². The van der Waals surface area contributed by atoms with Gasteiger partial charge in [0.15, 0.2) is 22.6 Å². The van der Waals surface area contributed by atoms with E-state index in [2.05, 4.69) is 64.5 Å². The van der Waals surface area contributed by atoms with Crippen LogP contribution in [0.15, 0.2) is 258 Å². The summed E-state index contributed by atoms with van der Waals surface area (Å²) in [5, 5.41) is 34.7. The number of esters is 4. The number of benzene rings is 7. The summed E-state index contributed by atoms with van der Waals surface area (Å²) in [7, 11) is 7.33. The Morgan fingerprint density at radius 2 is 0.827 bits per heavy atom. The zero-order chi connectivity index (χ0) is 98.8. The van der Waals surface area contributed by atoms with Crippen LogP contribution in [0.25, 0.3) is 108 Å². The van der Waals surface area contributed by atoms with Crippen molar-refractivity contribution in [3.8, 4) is 97.2 Å². The quantitative estimate of drug-likeness (QED) is 0.0204. The fourth-order valence-electron chi connectivity index (χ4n) is 12.9. The SMILES string of the molecule is CC(=O)Oc1cccc(-c2nc(Cl)c3sccc3n2)c1.CC(=O)Oc1cccc(-c2nc3ccsc3c(=O)[nH]2)c1.COC(=O)c1sccc1N.COC(=O)c1sccc1NC(=O)c1cccc(OC)c1.COc1ccc(C)c(C(=O)Cl)c1.COc1cccc(-c2nc3ccsc3c(=O)[nH]2)c1.O=c1[nH]c(-c2cccc(O)c2)nc2ccsc12.Oc1cccc(-c2nc(N3CCOCC3)c3sccc3n2)c1. The lowest BCUT2D eigenvalue weighted by Crippen LogP contribution is -2.36. The number of H-pyrrole nitrogens is 3. The highest BCUT2D eigenvalue weighted by molar-refractivity contribution is 7.19. The first-order chi connectivity index (χ1) is 67.1. The number of rotatable bonds is 16. The maximum Gasteiger partial charge on any atom is 0.350 e. The van der Waals surface area contributed by atoms with Gasteiger partial charge in [0, 0.05) is 65.9 Å². The number of nitrogens with one attached hydrogen (secondary N) is 4. The lowest BCUT2D eigenvalue weighted by molar-refractivity contribution is -0.132. The minimum Gasteiger partial charge on any atom is -0.508 e. The van der Waals surface area contributed by atoms with Crippen LogP contribution in [-0.2, 0) is 23.8 Å². The number of methoxy groups -OCH3 is 5. The van der Waals surface area contributed by atoms with Crippen molar-refractivity contribution < 1.29 is 76.9 Å². The van der Waals surface area contributed by atoms with Gasteiger partial charge in [-0.2, -0.15) is 0 Å². The minimum atomic E-state index is -0.471. The smallest absolute Gasteiger partial charge is 0.350 e. The van der Waals surface area contributed by atoms with E-state index >= 15 is 0 Å². The molecule has 1 fully saturated rings. The summed E-state index contributed by atoms with van der Waals surface area (Å²) in [6, 6.07) is 59.8. The van der Waals surface area contributed by atoms with Crippen LogP contribution in [0.4, 0.5) is 17.2 Å². The number of aromatic hydroxyl groups is 2. The topological polar surface area (TPSA) is 447 Å². The average molecular weight is 2040 g/mol. The summed E-state index contributed by atoms with van der Waals surface area (Å²) >= 11 is 21.3. The predicted molar refractivity (Wildman–Crippen MR) is 548 cm³/mol. The molecule has 32 nitrogen and oxygen atoms in total. The maximum absolute atomic E-state index is 12.1. The van der Waals surface area contributed by atoms with Gasteiger partial charge in [0.05, 0.1) is 97.1 Å². The Morgan fingerprint density at radius 1 is 0.432 bits per heavy atom. The van der Waals surface area contributed by atoms with Gasteiger partial charge in [0.25, 0.3) is 27.8 Å². The van der Waals surface area contributed by atoms with Crippen LogP contribution in [0.1, 0.15) is 59.5 Å². The second-order valence-electron chi connectivity index (χ2n) is 28.8. The molecule has 1 saturated heterocycles. The molecule has 0 aliphatic carbocycles. The zero-order valence-corrected chi connectivity index (χ0v) is 81.8. The monoisotopic (exact) mass is 2040 g/mol. The molecule has 1 aliphatic rings. The summed E-state index contributed by atoms with van der Waals surface area (Å²) in [5.74, 6) is 4.91. The molecule has 13 heterocycles. The lowest BCUT2D eigenvalue weighted by Gasteiger charge is -2.28. The molecule has 139 heavy (non-hydrogen) atoms. The first kappa shape index (κ1) is 101. The second kappa shape index (κ2) is 48.4. The molecule has 0 radical (unpaired) electrons. The number of halogens is 2. The molecular weight excluding hydrogens is 1960 g/mol. The lowest BCUT2D eigenvalue weighted by atomic mass is 10.1. The van der Waals surface area contributed by atoms with Gasteiger partial charge in [-0.3, -0.25) is 33.6 Å². The van der Waals surface area contributed by atoms with Crippen molar-refractivity contribution in [1.29, 1.82) is 0 Å². The third-order valence-electron chi connectivity index (χ3n) is 19.4. The van der Waals surface area contributed by atoms with E-state index in [1.165, 1.54) is 103 Å². The van der Waals surface area contributed by atoms with Crippen LogP contribution in [0, 0.1) is 6.92 Å². The summed E-state index contributed by atoms with van der Waals surface area (Å²) in [5.41, 5.74) is 15.3. The summed E-state index contributed by atoms with van der Waals surface area (Å²) in [4.78, 5) is 145. The summed E-state index contributed by atoms with van der Waals surface area (Å²) < 4.78 is 43.7. The molecule has 0 saturated carbocycles. The number of hydrogen-bond donors (Lipinski definition) is 7. The first-order valence-corrected chi connectivity index (χ1v) is 48.2. The number of thiophene rings is 7. The van der Waals surface area contributed by atoms with E-state index in [9.17, 15) is 53.4 Å². The highest BCUT2D eigenvalue weighted by Gasteiger charge is 2.22. The number of morpholine rings is 1. The number of carbonyl (C=O) groups is 6. The molecule has 20 rings (SSSR count). The highest BCUT2D eigenvalue weighted by atomic mass is 35.5. The molecule has 7 aromatic carbocycles. The number of ether oxygens (including phenoxy) is 8. The van der Waals surface area contributed by atoms with Crippen LogP contribution in [0.3, 0.4) is 0 Å². The van der Waals surface area contributed by atoms with E-state index in [1.807, 2.05) is 94.5 Å². The van der Waals surface area contributed by atoms with Gasteiger partial charge in [0.2, 0.25) is 0 Å². The van der Waals surface area contributed by atoms with E-state index in [4.69, 9.17) is 62.3 Å². The number of phenolic OH excluding ortho intramolecular Hbond substituents is 2. The normalized spacial score (nSPS) is 11.1. The van der Waals surface area contributed by atoms with Gasteiger partial charge in [0.1, 0.15) is 81.6 Å².